The Morgan fingerprint density at radius 3 is 2.55 bits per heavy atom. The quantitative estimate of drug-likeness (QED) is 0.0567. The summed E-state index contributed by atoms with van der Waals surface area (Å²) >= 11 is 0. The number of imidazole rings is 1. The molecule has 5 atom stereocenters. The Hall–Kier alpha value is -3.43. The average Bonchev–Trinajstić information content (AvgIpc) is 3.48. The van der Waals surface area contributed by atoms with Gasteiger partial charge < -0.3 is 40.5 Å². The van der Waals surface area contributed by atoms with Gasteiger partial charge in [0.05, 0.1) is 23.4 Å². The zero-order valence-electron chi connectivity index (χ0n) is 21.6. The molecular formula is C18H22N7O16P3. The molecule has 1 aliphatic heterocycles. The predicted molar refractivity (Wildman–Crippen MR) is 141 cm³/mol. The fourth-order valence-electron chi connectivity index (χ4n) is 4.02. The van der Waals surface area contributed by atoms with Gasteiger partial charge in [-0.15, -0.1) is 0 Å². The zero-order valence-corrected chi connectivity index (χ0v) is 24.3. The van der Waals surface area contributed by atoms with Gasteiger partial charge in [-0.3, -0.25) is 29.0 Å². The molecule has 240 valence electrons. The summed E-state index contributed by atoms with van der Waals surface area (Å²) in [7, 11) is -17.1. The van der Waals surface area contributed by atoms with Gasteiger partial charge in [0.15, 0.2) is 11.2 Å². The number of nitrogen functional groups attached to an aromatic ring is 1. The first-order chi connectivity index (χ1) is 20.4. The Kier molecular flexibility index (Phi) is 9.52. The number of phosphoric ester groups is 1. The Bertz CT molecular complexity index is 1810. The Morgan fingerprint density at radius 1 is 1.20 bits per heavy atom. The van der Waals surface area contributed by atoms with Gasteiger partial charge >= 0.3 is 29.4 Å². The Balaban J connectivity index is 1.62. The first kappa shape index (κ1) is 33.5. The standard InChI is InChI=1S/C18H22N7O16P3/c19-5-8-1-2-9(25(28)29)3-10(8)17(27)39-11-4-13(24-7-21-14-15(24)22-18(20)23-16(14)26)38-12(11)6-37-43(33,34)41-44(35,36)40-42(30,31)32/h1-3,7,11-13H,4-6,19H2,(H,33,34)(H,35,36)(H2,30,31,32)(H3,20,22,23,26)/t11-,12?,13-/m1/s1. The third-order valence-corrected chi connectivity index (χ3v) is 9.56. The van der Waals surface area contributed by atoms with Crippen LogP contribution in [0.3, 0.4) is 0 Å². The fraction of sp³-hybridized carbons (Fsp3) is 0.333. The number of hydrogen-bond acceptors (Lipinski definition) is 16. The second kappa shape index (κ2) is 12.5. The number of anilines is 1. The van der Waals surface area contributed by atoms with Crippen LogP contribution in [-0.4, -0.2) is 68.8 Å². The van der Waals surface area contributed by atoms with Crippen LogP contribution in [0.5, 0.6) is 0 Å². The smallest absolute Gasteiger partial charge is 0.456 e. The molecule has 1 aromatic carbocycles. The number of H-pyrrole nitrogens is 1. The maximum absolute atomic E-state index is 13.1. The third-order valence-electron chi connectivity index (χ3n) is 5.76. The van der Waals surface area contributed by atoms with Crippen LogP contribution in [-0.2, 0) is 42.9 Å². The summed E-state index contributed by atoms with van der Waals surface area (Å²) in [6.07, 6.45) is -3.19. The van der Waals surface area contributed by atoms with Gasteiger partial charge in [0, 0.05) is 25.1 Å². The largest absolute Gasteiger partial charge is 0.490 e. The number of aromatic nitrogens is 4. The number of nitrogens with two attached hydrogens (primary N) is 2. The van der Waals surface area contributed by atoms with Crippen molar-refractivity contribution < 1.29 is 65.6 Å². The number of hydrogen-bond donors (Lipinski definition) is 7. The van der Waals surface area contributed by atoms with E-state index in [4.69, 9.17) is 30.7 Å². The topological polar surface area (TPSA) is 354 Å². The van der Waals surface area contributed by atoms with E-state index in [1.807, 2.05) is 0 Å². The number of nitrogens with zero attached hydrogens (tertiary/aromatic N) is 4. The van der Waals surface area contributed by atoms with Gasteiger partial charge in [0.2, 0.25) is 5.95 Å². The molecule has 0 amide bonds. The van der Waals surface area contributed by atoms with Crippen LogP contribution in [0.2, 0.25) is 0 Å². The van der Waals surface area contributed by atoms with Crippen LogP contribution in [0.25, 0.3) is 11.2 Å². The molecule has 3 unspecified atom stereocenters. The summed E-state index contributed by atoms with van der Waals surface area (Å²) in [6.45, 7) is -1.25. The number of non-ortho nitro benzene ring substituents is 1. The maximum atomic E-state index is 13.1. The van der Waals surface area contributed by atoms with Crippen molar-refractivity contribution in [1.82, 2.24) is 19.5 Å². The lowest BCUT2D eigenvalue weighted by atomic mass is 10.1. The Labute approximate surface area is 243 Å². The van der Waals surface area contributed by atoms with Crippen molar-refractivity contribution in [2.24, 2.45) is 5.73 Å². The van der Waals surface area contributed by atoms with Crippen LogP contribution < -0.4 is 17.0 Å². The number of esters is 1. The average molecular weight is 685 g/mol. The summed E-state index contributed by atoms with van der Waals surface area (Å²) in [5.74, 6) is -1.41. The number of nitro groups is 1. The van der Waals surface area contributed by atoms with E-state index in [0.717, 1.165) is 18.5 Å². The lowest BCUT2D eigenvalue weighted by molar-refractivity contribution is -0.384. The van der Waals surface area contributed by atoms with Gasteiger partial charge in [-0.05, 0) is 5.56 Å². The van der Waals surface area contributed by atoms with E-state index in [9.17, 15) is 43.2 Å². The molecule has 0 bridgehead atoms. The van der Waals surface area contributed by atoms with Crippen LogP contribution in [0, 0.1) is 10.1 Å². The van der Waals surface area contributed by atoms with E-state index in [2.05, 4.69) is 28.1 Å². The number of nitro benzene ring substituents is 1. The minimum atomic E-state index is -5.84. The second-order valence-electron chi connectivity index (χ2n) is 8.77. The number of nitrogens with one attached hydrogen (secondary N) is 1. The van der Waals surface area contributed by atoms with Crippen LogP contribution >= 0.6 is 23.5 Å². The molecule has 23 nitrogen and oxygen atoms in total. The predicted octanol–water partition coefficient (Wildman–Crippen LogP) is -0.0749. The normalized spacial score (nSPS) is 21.5. The van der Waals surface area contributed by atoms with Crippen molar-refractivity contribution in [2.45, 2.75) is 31.4 Å². The molecule has 1 aliphatic rings. The number of ether oxygens (including phenoxy) is 2. The van der Waals surface area contributed by atoms with E-state index in [-0.39, 0.29) is 41.2 Å². The Morgan fingerprint density at radius 2 is 1.91 bits per heavy atom. The molecule has 0 radical (unpaired) electrons. The number of phosphoric acid groups is 3. The summed E-state index contributed by atoms with van der Waals surface area (Å²) in [6, 6.07) is 3.27. The molecule has 3 aromatic rings. The number of benzene rings is 1. The molecule has 1 fully saturated rings. The highest BCUT2D eigenvalue weighted by Gasteiger charge is 2.44. The van der Waals surface area contributed by atoms with Crippen LogP contribution in [0.1, 0.15) is 28.6 Å². The van der Waals surface area contributed by atoms with Crippen LogP contribution in [0.4, 0.5) is 11.6 Å². The number of fused-ring (bicyclic) bond motifs is 1. The lowest BCUT2D eigenvalue weighted by Crippen LogP contribution is -2.31. The van der Waals surface area contributed by atoms with Crippen molar-refractivity contribution in [3.8, 4) is 0 Å². The van der Waals surface area contributed by atoms with Crippen molar-refractivity contribution in [3.63, 3.8) is 0 Å². The summed E-state index contributed by atoms with van der Waals surface area (Å²) in [5, 5.41) is 11.2. The van der Waals surface area contributed by atoms with E-state index in [1.165, 1.54) is 10.6 Å². The van der Waals surface area contributed by atoms with Crippen molar-refractivity contribution in [1.29, 1.82) is 0 Å². The van der Waals surface area contributed by atoms with Crippen molar-refractivity contribution >= 4 is 52.2 Å². The SMILES string of the molecule is NCc1ccc([N+](=O)[O-])cc1C(=O)O[C@@H]1C[C@H](n2cnc3c(=O)[nH]c(N)nc32)OC1COP(=O)(O)OP(=O)(O)OP(=O)(O)O. The third kappa shape index (κ3) is 7.99. The van der Waals surface area contributed by atoms with Crippen molar-refractivity contribution in [2.75, 3.05) is 12.3 Å². The summed E-state index contributed by atoms with van der Waals surface area (Å²) in [4.78, 5) is 82.6. The highest BCUT2D eigenvalue weighted by Crippen LogP contribution is 2.66. The van der Waals surface area contributed by atoms with E-state index in [1.54, 1.807) is 0 Å². The summed E-state index contributed by atoms with van der Waals surface area (Å²) in [5.41, 5.74) is 9.75. The van der Waals surface area contributed by atoms with Gasteiger partial charge in [-0.1, -0.05) is 6.07 Å². The number of rotatable bonds is 12. The van der Waals surface area contributed by atoms with E-state index >= 15 is 0 Å². The molecule has 0 aliphatic carbocycles. The molecule has 0 saturated carbocycles. The molecule has 2 aromatic heterocycles. The fourth-order valence-corrected chi connectivity index (χ4v) is 7.05. The molecule has 44 heavy (non-hydrogen) atoms. The number of aromatic amines is 1. The molecule has 26 heteroatoms. The minimum absolute atomic E-state index is 0.0704. The maximum Gasteiger partial charge on any atom is 0.490 e. The van der Waals surface area contributed by atoms with Crippen molar-refractivity contribution in [3.05, 3.63) is 56.1 Å². The van der Waals surface area contributed by atoms with Gasteiger partial charge in [-0.2, -0.15) is 13.6 Å². The first-order valence-electron chi connectivity index (χ1n) is 11.7. The molecule has 3 heterocycles. The molecule has 9 N–H and O–H groups in total. The van der Waals surface area contributed by atoms with Crippen LogP contribution in [0.15, 0.2) is 29.3 Å². The molecule has 4 rings (SSSR count). The lowest BCUT2D eigenvalue weighted by Gasteiger charge is -2.21. The van der Waals surface area contributed by atoms with Gasteiger partial charge in [-0.25, -0.2) is 23.5 Å². The summed E-state index contributed by atoms with van der Waals surface area (Å²) < 4.78 is 59.3. The number of carbonyl (C=O) groups excluding carboxylic acids is 1. The van der Waals surface area contributed by atoms with Gasteiger partial charge in [0.1, 0.15) is 18.4 Å². The van der Waals surface area contributed by atoms with E-state index in [0.29, 0.717) is 0 Å². The zero-order chi connectivity index (χ0) is 32.6. The number of carbonyl (C=O) groups is 1. The highest BCUT2D eigenvalue weighted by molar-refractivity contribution is 7.66. The monoisotopic (exact) mass is 685 g/mol. The second-order valence-corrected chi connectivity index (χ2v) is 13.2. The van der Waals surface area contributed by atoms with Gasteiger partial charge in [0.25, 0.3) is 11.2 Å². The highest BCUT2D eigenvalue weighted by atomic mass is 31.3. The minimum Gasteiger partial charge on any atom is -0.456 e. The van der Waals surface area contributed by atoms with E-state index < -0.39 is 70.7 Å². The first-order valence-corrected chi connectivity index (χ1v) is 16.2. The molecule has 1 saturated heterocycles. The molecule has 0 spiro atoms. The molecular weight excluding hydrogens is 663 g/mol.